The highest BCUT2D eigenvalue weighted by molar-refractivity contribution is 9.10. The van der Waals surface area contributed by atoms with Crippen LogP contribution in [0.1, 0.15) is 10.4 Å². The summed E-state index contributed by atoms with van der Waals surface area (Å²) >= 11 is 5.24. The number of rotatable bonds is 3. The molecule has 0 unspecified atom stereocenters. The zero-order valence-electron chi connectivity index (χ0n) is 8.33. The van der Waals surface area contributed by atoms with Crippen molar-refractivity contribution in [3.63, 3.8) is 0 Å². The first-order chi connectivity index (χ1) is 7.25. The number of nitrogens with one attached hydrogen (secondary N) is 1. The van der Waals surface area contributed by atoms with Crippen molar-refractivity contribution in [1.82, 2.24) is 4.98 Å². The van der Waals surface area contributed by atoms with Gasteiger partial charge in [0.2, 0.25) is 0 Å². The molecule has 0 saturated heterocycles. The van der Waals surface area contributed by atoms with E-state index < -0.39 is 0 Å². The summed E-state index contributed by atoms with van der Waals surface area (Å²) in [7, 11) is 0. The molecule has 0 aromatic carbocycles. The molecule has 0 aliphatic heterocycles. The average Bonchev–Trinajstić information content (AvgIpc) is 2.61. The largest absolute Gasteiger partial charge is 0.365 e. The van der Waals surface area contributed by atoms with E-state index in [4.69, 9.17) is 0 Å². The molecule has 2 aromatic heterocycles. The van der Waals surface area contributed by atoms with Gasteiger partial charge in [0.15, 0.2) is 0 Å². The van der Waals surface area contributed by atoms with E-state index in [1.807, 2.05) is 18.3 Å². The molecular weight excluding hydrogens is 272 g/mol. The summed E-state index contributed by atoms with van der Waals surface area (Å²) in [5.41, 5.74) is 1.22. The van der Waals surface area contributed by atoms with Crippen molar-refractivity contribution < 1.29 is 0 Å². The molecule has 78 valence electrons. The molecule has 0 atom stereocenters. The van der Waals surface area contributed by atoms with Crippen LogP contribution in [-0.2, 0) is 6.54 Å². The van der Waals surface area contributed by atoms with Crippen molar-refractivity contribution >= 4 is 33.1 Å². The Labute approximate surface area is 101 Å². The van der Waals surface area contributed by atoms with Crippen LogP contribution in [0, 0.1) is 6.92 Å². The molecule has 2 nitrogen and oxygen atoms in total. The minimum absolute atomic E-state index is 0.814. The molecule has 0 aliphatic carbocycles. The van der Waals surface area contributed by atoms with Gasteiger partial charge >= 0.3 is 0 Å². The SMILES string of the molecule is Cc1ccnc(NCc2sccc2Br)c1. The van der Waals surface area contributed by atoms with Gasteiger partial charge in [-0.25, -0.2) is 4.98 Å². The zero-order valence-corrected chi connectivity index (χ0v) is 10.7. The Kier molecular flexibility index (Phi) is 3.38. The summed E-state index contributed by atoms with van der Waals surface area (Å²) in [6, 6.07) is 6.10. The third-order valence-corrected chi connectivity index (χ3v) is 3.96. The molecule has 2 aromatic rings. The van der Waals surface area contributed by atoms with Gasteiger partial charge in [0.05, 0.1) is 6.54 Å². The van der Waals surface area contributed by atoms with Crippen LogP contribution in [-0.4, -0.2) is 4.98 Å². The second kappa shape index (κ2) is 4.77. The lowest BCUT2D eigenvalue weighted by Gasteiger charge is -2.04. The Morgan fingerprint density at radius 1 is 1.47 bits per heavy atom. The molecule has 15 heavy (non-hydrogen) atoms. The quantitative estimate of drug-likeness (QED) is 0.926. The molecule has 0 saturated carbocycles. The van der Waals surface area contributed by atoms with Gasteiger partial charge in [0.1, 0.15) is 5.82 Å². The van der Waals surface area contributed by atoms with Crippen molar-refractivity contribution in [3.05, 3.63) is 44.7 Å². The Bertz CT molecular complexity index is 453. The third kappa shape index (κ3) is 2.79. The number of nitrogens with zero attached hydrogens (tertiary/aromatic N) is 1. The molecule has 2 rings (SSSR count). The van der Waals surface area contributed by atoms with E-state index in [1.54, 1.807) is 11.3 Å². The number of thiophene rings is 1. The Hall–Kier alpha value is -0.870. The van der Waals surface area contributed by atoms with Gasteiger partial charge in [0, 0.05) is 15.5 Å². The van der Waals surface area contributed by atoms with Crippen LogP contribution < -0.4 is 5.32 Å². The van der Waals surface area contributed by atoms with Crippen LogP contribution in [0.25, 0.3) is 0 Å². The van der Waals surface area contributed by atoms with Crippen molar-refractivity contribution in [2.75, 3.05) is 5.32 Å². The summed E-state index contributed by atoms with van der Waals surface area (Å²) in [5.74, 6) is 0.926. The summed E-state index contributed by atoms with van der Waals surface area (Å²) in [4.78, 5) is 5.54. The smallest absolute Gasteiger partial charge is 0.126 e. The highest BCUT2D eigenvalue weighted by Crippen LogP contribution is 2.23. The minimum atomic E-state index is 0.814. The van der Waals surface area contributed by atoms with Crippen LogP contribution in [0.5, 0.6) is 0 Å². The fraction of sp³-hybridized carbons (Fsp3) is 0.182. The van der Waals surface area contributed by atoms with Gasteiger partial charge in [0.25, 0.3) is 0 Å². The number of halogens is 1. The molecule has 2 heterocycles. The van der Waals surface area contributed by atoms with E-state index in [0.717, 1.165) is 16.8 Å². The number of aryl methyl sites for hydroxylation is 1. The lowest BCUT2D eigenvalue weighted by Crippen LogP contribution is -1.99. The van der Waals surface area contributed by atoms with Crippen molar-refractivity contribution in [2.24, 2.45) is 0 Å². The van der Waals surface area contributed by atoms with Gasteiger partial charge in [-0.3, -0.25) is 0 Å². The van der Waals surface area contributed by atoms with Crippen molar-refractivity contribution in [1.29, 1.82) is 0 Å². The van der Waals surface area contributed by atoms with Crippen molar-refractivity contribution in [2.45, 2.75) is 13.5 Å². The minimum Gasteiger partial charge on any atom is -0.365 e. The normalized spacial score (nSPS) is 10.3. The lowest BCUT2D eigenvalue weighted by atomic mass is 10.3. The molecule has 0 spiro atoms. The number of hydrogen-bond acceptors (Lipinski definition) is 3. The maximum absolute atomic E-state index is 4.25. The van der Waals surface area contributed by atoms with Gasteiger partial charge in [-0.05, 0) is 52.0 Å². The Morgan fingerprint density at radius 2 is 2.33 bits per heavy atom. The Balaban J connectivity index is 2.02. The van der Waals surface area contributed by atoms with Gasteiger partial charge < -0.3 is 5.32 Å². The second-order valence-electron chi connectivity index (χ2n) is 3.26. The highest BCUT2D eigenvalue weighted by Gasteiger charge is 2.01. The number of pyridine rings is 1. The van der Waals surface area contributed by atoms with Crippen LogP contribution in [0.2, 0.25) is 0 Å². The first kappa shape index (κ1) is 10.6. The maximum atomic E-state index is 4.25. The summed E-state index contributed by atoms with van der Waals surface area (Å²) < 4.78 is 1.16. The van der Waals surface area contributed by atoms with Crippen molar-refractivity contribution in [3.8, 4) is 0 Å². The fourth-order valence-electron chi connectivity index (χ4n) is 1.25. The molecule has 0 fully saturated rings. The standard InChI is InChI=1S/C11H11BrN2S/c1-8-2-4-13-11(6-8)14-7-10-9(12)3-5-15-10/h2-6H,7H2,1H3,(H,13,14). The van der Waals surface area contributed by atoms with E-state index in [0.29, 0.717) is 0 Å². The summed E-state index contributed by atoms with van der Waals surface area (Å²) in [6.45, 7) is 2.88. The zero-order chi connectivity index (χ0) is 10.7. The third-order valence-electron chi connectivity index (χ3n) is 2.04. The van der Waals surface area contributed by atoms with Crippen LogP contribution in [0.3, 0.4) is 0 Å². The van der Waals surface area contributed by atoms with Gasteiger partial charge in [-0.15, -0.1) is 11.3 Å². The number of hydrogen-bond donors (Lipinski definition) is 1. The number of anilines is 1. The first-order valence-electron chi connectivity index (χ1n) is 4.64. The highest BCUT2D eigenvalue weighted by atomic mass is 79.9. The molecular formula is C11H11BrN2S. The van der Waals surface area contributed by atoms with Crippen LogP contribution >= 0.6 is 27.3 Å². The Morgan fingerprint density at radius 3 is 3.00 bits per heavy atom. The van der Waals surface area contributed by atoms with E-state index in [1.165, 1.54) is 10.4 Å². The van der Waals surface area contributed by atoms with Gasteiger partial charge in [-0.2, -0.15) is 0 Å². The molecule has 1 N–H and O–H groups in total. The van der Waals surface area contributed by atoms with Crippen LogP contribution in [0.4, 0.5) is 5.82 Å². The molecule has 0 radical (unpaired) electrons. The van der Waals surface area contributed by atoms with E-state index >= 15 is 0 Å². The summed E-state index contributed by atoms with van der Waals surface area (Å²) in [6.07, 6.45) is 1.82. The predicted molar refractivity (Wildman–Crippen MR) is 68.3 cm³/mol. The van der Waals surface area contributed by atoms with E-state index in [9.17, 15) is 0 Å². The lowest BCUT2D eigenvalue weighted by molar-refractivity contribution is 1.13. The average molecular weight is 283 g/mol. The van der Waals surface area contributed by atoms with Crippen LogP contribution in [0.15, 0.2) is 34.2 Å². The number of aromatic nitrogens is 1. The summed E-state index contributed by atoms with van der Waals surface area (Å²) in [5, 5.41) is 5.37. The molecule has 0 bridgehead atoms. The molecule has 0 amide bonds. The molecule has 0 aliphatic rings. The fourth-order valence-corrected chi connectivity index (χ4v) is 2.69. The van der Waals surface area contributed by atoms with E-state index in [2.05, 4.69) is 44.6 Å². The second-order valence-corrected chi connectivity index (χ2v) is 5.12. The van der Waals surface area contributed by atoms with E-state index in [-0.39, 0.29) is 0 Å². The maximum Gasteiger partial charge on any atom is 0.126 e. The monoisotopic (exact) mass is 282 g/mol. The van der Waals surface area contributed by atoms with Gasteiger partial charge in [-0.1, -0.05) is 0 Å². The predicted octanol–water partition coefficient (Wildman–Crippen LogP) is 3.83. The topological polar surface area (TPSA) is 24.9 Å². The molecule has 4 heteroatoms. The first-order valence-corrected chi connectivity index (χ1v) is 6.31.